The normalized spacial score (nSPS) is 11.0. The van der Waals surface area contributed by atoms with Gasteiger partial charge in [-0.15, -0.1) is 0 Å². The van der Waals surface area contributed by atoms with Gasteiger partial charge in [0, 0.05) is 10.0 Å². The predicted molar refractivity (Wildman–Crippen MR) is 135 cm³/mol. The molecule has 4 aromatic carbocycles. The lowest BCUT2D eigenvalue weighted by Crippen LogP contribution is -2.17. The topological polar surface area (TPSA) is 59.9 Å². The van der Waals surface area contributed by atoms with E-state index in [4.69, 9.17) is 21.1 Å². The standard InChI is InChI=1S/C26H20BrClN2O3/c1-32-24-13-17(15-29-30-26(31)19-8-5-10-21(27)14-19)12-23(28)25(24)33-16-20-9-4-7-18-6-2-3-11-22(18)20/h2-15H,16H2,1H3,(H,30,31)/b29-15-. The fourth-order valence-electron chi connectivity index (χ4n) is 3.38. The number of carbonyl (C=O) groups is 1. The van der Waals surface area contributed by atoms with E-state index in [1.54, 1.807) is 37.4 Å². The molecule has 33 heavy (non-hydrogen) atoms. The molecule has 0 aliphatic carbocycles. The summed E-state index contributed by atoms with van der Waals surface area (Å²) >= 11 is 9.84. The number of ether oxygens (including phenoxy) is 2. The zero-order chi connectivity index (χ0) is 23.2. The van der Waals surface area contributed by atoms with Gasteiger partial charge < -0.3 is 9.47 Å². The predicted octanol–water partition coefficient (Wildman–Crippen LogP) is 6.61. The summed E-state index contributed by atoms with van der Waals surface area (Å²) in [4.78, 5) is 12.2. The van der Waals surface area contributed by atoms with Crippen LogP contribution in [0.1, 0.15) is 21.5 Å². The molecule has 0 heterocycles. The average Bonchev–Trinajstić information content (AvgIpc) is 2.83. The quantitative estimate of drug-likeness (QED) is 0.219. The molecule has 0 saturated carbocycles. The van der Waals surface area contributed by atoms with E-state index >= 15 is 0 Å². The van der Waals surface area contributed by atoms with Crippen molar-refractivity contribution < 1.29 is 14.3 Å². The number of nitrogens with one attached hydrogen (secondary N) is 1. The van der Waals surface area contributed by atoms with E-state index in [2.05, 4.69) is 44.7 Å². The van der Waals surface area contributed by atoms with E-state index in [1.165, 1.54) is 6.21 Å². The van der Waals surface area contributed by atoms with Gasteiger partial charge in [0.05, 0.1) is 18.3 Å². The fraction of sp³-hybridized carbons (Fsp3) is 0.0769. The Labute approximate surface area is 205 Å². The summed E-state index contributed by atoms with van der Waals surface area (Å²) in [5.74, 6) is 0.602. The highest BCUT2D eigenvalue weighted by atomic mass is 79.9. The lowest BCUT2D eigenvalue weighted by molar-refractivity contribution is 0.0955. The minimum Gasteiger partial charge on any atom is -0.493 e. The second-order valence-corrected chi connectivity index (χ2v) is 8.49. The van der Waals surface area contributed by atoms with E-state index in [0.717, 1.165) is 20.8 Å². The minimum absolute atomic E-state index is 0.319. The number of amides is 1. The van der Waals surface area contributed by atoms with Crippen LogP contribution in [0.5, 0.6) is 11.5 Å². The second kappa shape index (κ2) is 10.5. The van der Waals surface area contributed by atoms with Crippen molar-refractivity contribution in [1.29, 1.82) is 0 Å². The van der Waals surface area contributed by atoms with Crippen LogP contribution < -0.4 is 14.9 Å². The first-order valence-corrected chi connectivity index (χ1v) is 11.3. The zero-order valence-electron chi connectivity index (χ0n) is 17.7. The first-order chi connectivity index (χ1) is 16.0. The van der Waals surface area contributed by atoms with E-state index in [9.17, 15) is 4.79 Å². The number of carbonyl (C=O) groups excluding carboxylic acids is 1. The Kier molecular flexibility index (Phi) is 7.27. The Morgan fingerprint density at radius 2 is 1.85 bits per heavy atom. The first kappa shape index (κ1) is 22.8. The molecular weight excluding hydrogens is 504 g/mol. The fourth-order valence-corrected chi connectivity index (χ4v) is 4.06. The molecule has 0 aromatic heterocycles. The maximum absolute atomic E-state index is 12.2. The third kappa shape index (κ3) is 5.53. The van der Waals surface area contributed by atoms with Gasteiger partial charge in [-0.25, -0.2) is 5.43 Å². The van der Waals surface area contributed by atoms with Crippen molar-refractivity contribution in [2.24, 2.45) is 5.10 Å². The first-order valence-electron chi connectivity index (χ1n) is 10.1. The van der Waals surface area contributed by atoms with Crippen LogP contribution in [0.4, 0.5) is 0 Å². The molecule has 0 aliphatic heterocycles. The Balaban J connectivity index is 1.48. The number of fused-ring (bicyclic) bond motifs is 1. The summed E-state index contributed by atoms with van der Waals surface area (Å²) < 4.78 is 12.3. The number of benzene rings is 4. The van der Waals surface area contributed by atoms with Gasteiger partial charge in [-0.2, -0.15) is 5.10 Å². The van der Waals surface area contributed by atoms with Gasteiger partial charge in [0.15, 0.2) is 11.5 Å². The van der Waals surface area contributed by atoms with Crippen LogP contribution in [0.2, 0.25) is 5.02 Å². The number of halogens is 2. The lowest BCUT2D eigenvalue weighted by atomic mass is 10.1. The van der Waals surface area contributed by atoms with Gasteiger partial charge in [0.2, 0.25) is 0 Å². The van der Waals surface area contributed by atoms with Crippen LogP contribution in [0.25, 0.3) is 10.8 Å². The van der Waals surface area contributed by atoms with Gasteiger partial charge in [-0.05, 0) is 52.2 Å². The highest BCUT2D eigenvalue weighted by Crippen LogP contribution is 2.37. The van der Waals surface area contributed by atoms with Crippen LogP contribution in [0, 0.1) is 0 Å². The van der Waals surface area contributed by atoms with E-state index in [1.807, 2.05) is 30.3 Å². The third-order valence-electron chi connectivity index (χ3n) is 4.97. The molecule has 0 bridgehead atoms. The molecule has 0 saturated heterocycles. The number of hydrazone groups is 1. The minimum atomic E-state index is -0.319. The average molecular weight is 524 g/mol. The SMILES string of the molecule is COc1cc(/C=N\NC(=O)c2cccc(Br)c2)cc(Cl)c1OCc1cccc2ccccc12. The van der Waals surface area contributed by atoms with Gasteiger partial charge in [0.25, 0.3) is 5.91 Å². The Bertz CT molecular complexity index is 1340. The molecule has 166 valence electrons. The Morgan fingerprint density at radius 1 is 1.06 bits per heavy atom. The maximum Gasteiger partial charge on any atom is 0.271 e. The molecule has 1 amide bonds. The lowest BCUT2D eigenvalue weighted by Gasteiger charge is -2.14. The van der Waals surface area contributed by atoms with Crippen molar-refractivity contribution in [2.75, 3.05) is 7.11 Å². The summed E-state index contributed by atoms with van der Waals surface area (Å²) in [5, 5.41) is 6.68. The van der Waals surface area contributed by atoms with Crippen molar-refractivity contribution in [3.8, 4) is 11.5 Å². The van der Waals surface area contributed by atoms with Crippen molar-refractivity contribution in [1.82, 2.24) is 5.43 Å². The monoisotopic (exact) mass is 522 g/mol. The molecule has 4 rings (SSSR count). The molecule has 0 spiro atoms. The van der Waals surface area contributed by atoms with Gasteiger partial charge in [0.1, 0.15) is 6.61 Å². The smallest absolute Gasteiger partial charge is 0.271 e. The summed E-state index contributed by atoms with van der Waals surface area (Å²) in [6, 6.07) is 24.7. The molecular formula is C26H20BrClN2O3. The van der Waals surface area contributed by atoms with Crippen molar-refractivity contribution in [2.45, 2.75) is 6.61 Å². The summed E-state index contributed by atoms with van der Waals surface area (Å²) in [6.45, 7) is 0.341. The van der Waals surface area contributed by atoms with Crippen LogP contribution in [-0.2, 0) is 6.61 Å². The van der Waals surface area contributed by atoms with Crippen LogP contribution in [-0.4, -0.2) is 19.2 Å². The summed E-state index contributed by atoms with van der Waals surface area (Å²) in [6.07, 6.45) is 1.50. The van der Waals surface area contributed by atoms with Crippen molar-refractivity contribution in [3.05, 3.63) is 105 Å². The zero-order valence-corrected chi connectivity index (χ0v) is 20.1. The summed E-state index contributed by atoms with van der Waals surface area (Å²) in [7, 11) is 1.55. The number of hydrogen-bond acceptors (Lipinski definition) is 4. The van der Waals surface area contributed by atoms with Crippen molar-refractivity contribution >= 4 is 50.4 Å². The summed E-state index contributed by atoms with van der Waals surface area (Å²) in [5.41, 5.74) is 4.70. The molecule has 0 radical (unpaired) electrons. The molecule has 0 fully saturated rings. The number of hydrogen-bond donors (Lipinski definition) is 1. The van der Waals surface area contributed by atoms with Gasteiger partial charge in [-0.1, -0.05) is 76.1 Å². The van der Waals surface area contributed by atoms with Crippen LogP contribution in [0.15, 0.2) is 88.4 Å². The number of methoxy groups -OCH3 is 1. The van der Waals surface area contributed by atoms with Gasteiger partial charge in [-0.3, -0.25) is 4.79 Å². The van der Waals surface area contributed by atoms with Crippen LogP contribution >= 0.6 is 27.5 Å². The second-order valence-electron chi connectivity index (χ2n) is 7.17. The Hall–Kier alpha value is -3.35. The van der Waals surface area contributed by atoms with E-state index < -0.39 is 0 Å². The largest absolute Gasteiger partial charge is 0.493 e. The van der Waals surface area contributed by atoms with E-state index in [-0.39, 0.29) is 5.91 Å². The molecule has 7 heteroatoms. The Morgan fingerprint density at radius 3 is 2.67 bits per heavy atom. The van der Waals surface area contributed by atoms with E-state index in [0.29, 0.717) is 34.3 Å². The van der Waals surface area contributed by atoms with Crippen molar-refractivity contribution in [3.63, 3.8) is 0 Å². The molecule has 0 atom stereocenters. The highest BCUT2D eigenvalue weighted by Gasteiger charge is 2.13. The third-order valence-corrected chi connectivity index (χ3v) is 5.74. The molecule has 0 unspecified atom stereocenters. The highest BCUT2D eigenvalue weighted by molar-refractivity contribution is 9.10. The maximum atomic E-state index is 12.2. The molecule has 0 aliphatic rings. The van der Waals surface area contributed by atoms with Gasteiger partial charge >= 0.3 is 0 Å². The molecule has 1 N–H and O–H groups in total. The number of nitrogens with zero attached hydrogens (tertiary/aromatic N) is 1. The number of rotatable bonds is 7. The molecule has 5 nitrogen and oxygen atoms in total. The van der Waals surface area contributed by atoms with Crippen LogP contribution in [0.3, 0.4) is 0 Å². The molecule has 4 aromatic rings.